The van der Waals surface area contributed by atoms with Crippen LogP contribution in [0.4, 0.5) is 0 Å². The smallest absolute Gasteiger partial charge is 0.303 e. The van der Waals surface area contributed by atoms with Crippen LogP contribution in [-0.4, -0.2) is 107 Å². The van der Waals surface area contributed by atoms with Crippen molar-refractivity contribution in [3.63, 3.8) is 0 Å². The van der Waals surface area contributed by atoms with Gasteiger partial charge in [0.1, 0.15) is 11.2 Å². The van der Waals surface area contributed by atoms with Crippen LogP contribution in [0.5, 0.6) is 0 Å². The molecule has 0 aliphatic carbocycles. The Bertz CT molecular complexity index is 650. The number of carbonyl (C=O) groups excluding carboxylic acids is 4. The minimum Gasteiger partial charge on any atom is -0.456 e. The SMILES string of the molecule is COC[C@@](C)(O)[C@@H](OC(C)=O)[C@](C)(O)[C@H](CN(C(C)=O)N(C)C(C)=O)N(C)C(C)=O. The molecule has 174 valence electrons. The van der Waals surface area contributed by atoms with E-state index in [4.69, 9.17) is 9.47 Å². The molecule has 0 radical (unpaired) electrons. The van der Waals surface area contributed by atoms with Gasteiger partial charge in [-0.05, 0) is 13.8 Å². The van der Waals surface area contributed by atoms with E-state index < -0.39 is 47.0 Å². The maximum Gasteiger partial charge on any atom is 0.303 e. The molecule has 2 N–H and O–H groups in total. The van der Waals surface area contributed by atoms with E-state index in [9.17, 15) is 29.4 Å². The van der Waals surface area contributed by atoms with Gasteiger partial charge in [-0.25, -0.2) is 5.01 Å². The van der Waals surface area contributed by atoms with Gasteiger partial charge in [-0.2, -0.15) is 0 Å². The van der Waals surface area contributed by atoms with Crippen molar-refractivity contribution in [2.24, 2.45) is 0 Å². The summed E-state index contributed by atoms with van der Waals surface area (Å²) in [6.07, 6.45) is -1.54. The van der Waals surface area contributed by atoms with Crippen molar-refractivity contribution >= 4 is 23.7 Å². The first-order chi connectivity index (χ1) is 13.5. The minimum atomic E-state index is -2.06. The lowest BCUT2D eigenvalue weighted by molar-refractivity contribution is -0.220. The molecule has 0 saturated heterocycles. The molecule has 0 spiro atoms. The molecule has 11 nitrogen and oxygen atoms in total. The molecule has 0 aromatic carbocycles. The highest BCUT2D eigenvalue weighted by Crippen LogP contribution is 2.31. The summed E-state index contributed by atoms with van der Waals surface area (Å²) < 4.78 is 10.2. The molecule has 0 unspecified atom stereocenters. The van der Waals surface area contributed by atoms with Gasteiger partial charge in [0.2, 0.25) is 17.7 Å². The number of likely N-dealkylation sites (N-methyl/N-ethyl adjacent to an activating group) is 1. The molecule has 0 aliphatic heterocycles. The highest BCUT2D eigenvalue weighted by molar-refractivity contribution is 5.79. The number of carbonyl (C=O) groups is 4. The van der Waals surface area contributed by atoms with Crippen LogP contribution < -0.4 is 0 Å². The zero-order valence-electron chi connectivity index (χ0n) is 19.3. The van der Waals surface area contributed by atoms with E-state index >= 15 is 0 Å². The van der Waals surface area contributed by atoms with E-state index in [1.807, 2.05) is 0 Å². The van der Waals surface area contributed by atoms with Gasteiger partial charge in [-0.1, -0.05) is 0 Å². The topological polar surface area (TPSA) is 137 Å². The van der Waals surface area contributed by atoms with E-state index in [-0.39, 0.29) is 13.2 Å². The summed E-state index contributed by atoms with van der Waals surface area (Å²) in [6.45, 7) is 6.84. The summed E-state index contributed by atoms with van der Waals surface area (Å²) >= 11 is 0. The zero-order valence-corrected chi connectivity index (χ0v) is 19.3. The number of ether oxygens (including phenoxy) is 2. The number of hydrogen-bond acceptors (Lipinski definition) is 8. The van der Waals surface area contributed by atoms with Crippen molar-refractivity contribution in [3.05, 3.63) is 0 Å². The van der Waals surface area contributed by atoms with Crippen molar-refractivity contribution in [2.45, 2.75) is 64.9 Å². The lowest BCUT2D eigenvalue weighted by Gasteiger charge is -2.48. The van der Waals surface area contributed by atoms with Crippen LogP contribution in [-0.2, 0) is 28.7 Å². The Morgan fingerprint density at radius 1 is 0.933 bits per heavy atom. The Labute approximate surface area is 177 Å². The molecule has 30 heavy (non-hydrogen) atoms. The third-order valence-corrected chi connectivity index (χ3v) is 4.98. The normalized spacial score (nSPS) is 17.0. The molecule has 0 aromatic rings. The number of hydrogen-bond donors (Lipinski definition) is 2. The van der Waals surface area contributed by atoms with Crippen molar-refractivity contribution in [1.82, 2.24) is 14.9 Å². The predicted octanol–water partition coefficient (Wildman–Crippen LogP) is -0.845. The van der Waals surface area contributed by atoms with Crippen LogP contribution in [0.25, 0.3) is 0 Å². The van der Waals surface area contributed by atoms with Crippen LogP contribution in [0.2, 0.25) is 0 Å². The van der Waals surface area contributed by atoms with Crippen molar-refractivity contribution in [1.29, 1.82) is 0 Å². The van der Waals surface area contributed by atoms with Gasteiger partial charge in [0, 0.05) is 48.9 Å². The average Bonchev–Trinajstić information content (AvgIpc) is 2.58. The molecule has 4 atom stereocenters. The molecule has 0 saturated carbocycles. The van der Waals surface area contributed by atoms with Gasteiger partial charge in [-0.15, -0.1) is 0 Å². The lowest BCUT2D eigenvalue weighted by atomic mass is 9.80. The quantitative estimate of drug-likeness (QED) is 0.355. The van der Waals surface area contributed by atoms with Gasteiger partial charge in [0.15, 0.2) is 6.10 Å². The summed E-state index contributed by atoms with van der Waals surface area (Å²) in [4.78, 5) is 49.0. The Morgan fingerprint density at radius 3 is 1.77 bits per heavy atom. The summed E-state index contributed by atoms with van der Waals surface area (Å²) in [5.41, 5.74) is -3.90. The Hall–Kier alpha value is -2.24. The van der Waals surface area contributed by atoms with E-state index in [1.165, 1.54) is 55.8 Å². The number of hydrazine groups is 1. The summed E-state index contributed by atoms with van der Waals surface area (Å²) in [5.74, 6) is -2.19. The fraction of sp³-hybridized carbons (Fsp3) is 0.789. The zero-order chi connectivity index (χ0) is 24.0. The standard InChI is InChI=1S/C19H35N3O8/c1-12(23)20(7)16(10-22(14(3)25)21(8)13(2)24)19(6,28)17(30-15(4)26)18(5,27)11-29-9/h16-17,27-28H,10-11H2,1-9H3/t16-,17+,18+,19+/m0/s1. The fourth-order valence-electron chi connectivity index (χ4n) is 3.30. The van der Waals surface area contributed by atoms with E-state index in [0.717, 1.165) is 21.8 Å². The highest BCUT2D eigenvalue weighted by Gasteiger charge is 2.53. The molecule has 3 amide bonds. The first-order valence-electron chi connectivity index (χ1n) is 9.37. The number of amides is 3. The summed E-state index contributed by atoms with van der Waals surface area (Å²) in [7, 11) is 4.09. The summed E-state index contributed by atoms with van der Waals surface area (Å²) in [5, 5.41) is 24.4. The molecule has 0 bridgehead atoms. The second-order valence-electron chi connectivity index (χ2n) is 7.79. The molecule has 11 heteroatoms. The second kappa shape index (κ2) is 10.7. The highest BCUT2D eigenvalue weighted by atomic mass is 16.6. The number of rotatable bonds is 9. The van der Waals surface area contributed by atoms with Gasteiger partial charge >= 0.3 is 5.97 Å². The molecule has 0 aromatic heterocycles. The maximum absolute atomic E-state index is 12.2. The van der Waals surface area contributed by atoms with Crippen LogP contribution in [0, 0.1) is 0 Å². The number of nitrogens with zero attached hydrogens (tertiary/aromatic N) is 3. The largest absolute Gasteiger partial charge is 0.456 e. The molecule has 0 fully saturated rings. The van der Waals surface area contributed by atoms with Crippen molar-refractivity contribution in [3.8, 4) is 0 Å². The van der Waals surface area contributed by atoms with Crippen molar-refractivity contribution < 1.29 is 38.9 Å². The second-order valence-corrected chi connectivity index (χ2v) is 7.79. The average molecular weight is 434 g/mol. The van der Waals surface area contributed by atoms with Crippen LogP contribution in [0.1, 0.15) is 41.5 Å². The maximum atomic E-state index is 12.2. The molecule has 0 rings (SSSR count). The minimum absolute atomic E-state index is 0.290. The number of esters is 1. The lowest BCUT2D eigenvalue weighted by Crippen LogP contribution is -2.69. The Morgan fingerprint density at radius 2 is 1.43 bits per heavy atom. The molecular weight excluding hydrogens is 398 g/mol. The summed E-state index contributed by atoms with van der Waals surface area (Å²) in [6, 6.07) is -1.17. The van der Waals surface area contributed by atoms with Crippen LogP contribution in [0.3, 0.4) is 0 Å². The number of methoxy groups -OCH3 is 1. The fourth-order valence-corrected chi connectivity index (χ4v) is 3.30. The van der Waals surface area contributed by atoms with E-state index in [0.29, 0.717) is 0 Å². The Kier molecular flexibility index (Phi) is 9.89. The van der Waals surface area contributed by atoms with Crippen LogP contribution in [0.15, 0.2) is 0 Å². The van der Waals surface area contributed by atoms with Gasteiger partial charge < -0.3 is 24.6 Å². The van der Waals surface area contributed by atoms with E-state index in [2.05, 4.69) is 0 Å². The van der Waals surface area contributed by atoms with Gasteiger partial charge in [0.25, 0.3) is 0 Å². The molecular formula is C19H35N3O8. The third kappa shape index (κ3) is 6.92. The number of aliphatic hydroxyl groups is 2. The van der Waals surface area contributed by atoms with E-state index in [1.54, 1.807) is 0 Å². The van der Waals surface area contributed by atoms with Gasteiger partial charge in [0.05, 0.1) is 19.2 Å². The van der Waals surface area contributed by atoms with Crippen molar-refractivity contribution in [2.75, 3.05) is 34.4 Å². The Balaban J connectivity index is 6.46. The first-order valence-corrected chi connectivity index (χ1v) is 9.37. The third-order valence-electron chi connectivity index (χ3n) is 4.98. The first kappa shape index (κ1) is 27.8. The predicted molar refractivity (Wildman–Crippen MR) is 107 cm³/mol. The van der Waals surface area contributed by atoms with Gasteiger partial charge in [-0.3, -0.25) is 24.2 Å². The molecule has 0 heterocycles. The molecule has 0 aliphatic rings. The van der Waals surface area contributed by atoms with Crippen LogP contribution >= 0.6 is 0 Å². The monoisotopic (exact) mass is 433 g/mol.